The lowest BCUT2D eigenvalue weighted by molar-refractivity contribution is 0.0187. The quantitative estimate of drug-likeness (QED) is 0.657. The number of nitrogen functional groups attached to an aromatic ring is 1. The topological polar surface area (TPSA) is 67.6 Å². The molecule has 1 aromatic carbocycles. The Kier molecular flexibility index (Phi) is 4.82. The summed E-state index contributed by atoms with van der Waals surface area (Å²) < 4.78 is 6.12. The van der Waals surface area contributed by atoms with Crippen LogP contribution in [0.25, 0.3) is 0 Å². The standard InChI is InChI=1S/C16H26N3O2Si/c1-16(2,3)9-14(21-22(4)5)19-10-11-6-7-12(17)8-13(11)18-15(19)20/h6-8,14H,9-10,17H2,1-5H3,(H,18,20). The van der Waals surface area contributed by atoms with Gasteiger partial charge in [-0.05, 0) is 42.6 Å². The highest BCUT2D eigenvalue weighted by atomic mass is 28.3. The number of carbonyl (C=O) groups excluding carboxylic acids is 1. The van der Waals surface area contributed by atoms with Crippen molar-refractivity contribution in [3.05, 3.63) is 23.8 Å². The van der Waals surface area contributed by atoms with Gasteiger partial charge in [0.05, 0.1) is 6.54 Å². The maximum absolute atomic E-state index is 12.5. The number of benzene rings is 1. The van der Waals surface area contributed by atoms with Gasteiger partial charge in [-0.25, -0.2) is 4.79 Å². The molecule has 22 heavy (non-hydrogen) atoms. The molecule has 1 unspecified atom stereocenters. The second-order valence-electron chi connectivity index (χ2n) is 7.22. The molecule has 1 atom stereocenters. The van der Waals surface area contributed by atoms with Crippen molar-refractivity contribution in [3.63, 3.8) is 0 Å². The molecule has 1 aromatic rings. The summed E-state index contributed by atoms with van der Waals surface area (Å²) >= 11 is 0. The summed E-state index contributed by atoms with van der Waals surface area (Å²) in [5.41, 5.74) is 8.39. The Balaban J connectivity index is 2.24. The van der Waals surface area contributed by atoms with Crippen molar-refractivity contribution < 1.29 is 9.22 Å². The first kappa shape index (κ1) is 16.8. The molecular weight excluding hydrogens is 294 g/mol. The van der Waals surface area contributed by atoms with Crippen LogP contribution in [-0.2, 0) is 11.0 Å². The molecular formula is C16H26N3O2Si. The summed E-state index contributed by atoms with van der Waals surface area (Å²) in [6.45, 7) is 11.2. The molecule has 1 aliphatic rings. The van der Waals surface area contributed by atoms with Gasteiger partial charge in [0.15, 0.2) is 0 Å². The fraction of sp³-hybridized carbons (Fsp3) is 0.562. The zero-order chi connectivity index (χ0) is 16.5. The summed E-state index contributed by atoms with van der Waals surface area (Å²) in [4.78, 5) is 14.3. The number of rotatable bonds is 4. The van der Waals surface area contributed by atoms with Crippen LogP contribution >= 0.6 is 0 Å². The second-order valence-corrected chi connectivity index (χ2v) is 9.27. The molecule has 0 saturated carbocycles. The first-order valence-corrected chi connectivity index (χ1v) is 9.99. The maximum Gasteiger partial charge on any atom is 0.324 e. The van der Waals surface area contributed by atoms with E-state index in [4.69, 9.17) is 10.2 Å². The predicted octanol–water partition coefficient (Wildman–Crippen LogP) is 3.65. The fourth-order valence-corrected chi connectivity index (χ4v) is 3.29. The van der Waals surface area contributed by atoms with E-state index in [0.29, 0.717) is 12.2 Å². The second kappa shape index (κ2) is 6.30. The van der Waals surface area contributed by atoms with Crippen molar-refractivity contribution >= 4 is 26.4 Å². The summed E-state index contributed by atoms with van der Waals surface area (Å²) in [6, 6.07) is 5.52. The molecule has 6 heteroatoms. The Labute approximate surface area is 134 Å². The number of carbonyl (C=O) groups is 1. The summed E-state index contributed by atoms with van der Waals surface area (Å²) in [5.74, 6) is 0. The number of hydrogen-bond donors (Lipinski definition) is 2. The summed E-state index contributed by atoms with van der Waals surface area (Å²) in [7, 11) is -0.901. The molecule has 0 aromatic heterocycles. The van der Waals surface area contributed by atoms with Gasteiger partial charge in [-0.2, -0.15) is 0 Å². The first-order chi connectivity index (χ1) is 10.2. The number of nitrogens with zero attached hydrogens (tertiary/aromatic N) is 1. The van der Waals surface area contributed by atoms with E-state index in [1.165, 1.54) is 0 Å². The molecule has 0 spiro atoms. The van der Waals surface area contributed by atoms with Crippen LogP contribution in [-0.4, -0.2) is 26.2 Å². The number of nitrogens with two attached hydrogens (primary N) is 1. The molecule has 1 aliphatic heterocycles. The number of urea groups is 1. The van der Waals surface area contributed by atoms with E-state index in [2.05, 4.69) is 39.2 Å². The van der Waals surface area contributed by atoms with Gasteiger partial charge in [0.2, 0.25) is 9.04 Å². The highest BCUT2D eigenvalue weighted by Crippen LogP contribution is 2.31. The molecule has 121 valence electrons. The van der Waals surface area contributed by atoms with Crippen LogP contribution in [0.1, 0.15) is 32.8 Å². The van der Waals surface area contributed by atoms with E-state index in [-0.39, 0.29) is 17.7 Å². The average molecular weight is 320 g/mol. The number of fused-ring (bicyclic) bond motifs is 1. The highest BCUT2D eigenvalue weighted by molar-refractivity contribution is 6.48. The van der Waals surface area contributed by atoms with E-state index in [1.807, 2.05) is 12.1 Å². The third-order valence-corrected chi connectivity index (χ3v) is 4.23. The van der Waals surface area contributed by atoms with Gasteiger partial charge in [-0.15, -0.1) is 0 Å². The van der Waals surface area contributed by atoms with Crippen LogP contribution in [0.2, 0.25) is 13.1 Å². The molecule has 0 bridgehead atoms. The largest absolute Gasteiger partial charge is 0.399 e. The molecule has 1 heterocycles. The summed E-state index contributed by atoms with van der Waals surface area (Å²) in [6.07, 6.45) is 0.607. The van der Waals surface area contributed by atoms with Crippen molar-refractivity contribution in [3.8, 4) is 0 Å². The number of hydrogen-bond acceptors (Lipinski definition) is 3. The fourth-order valence-electron chi connectivity index (χ4n) is 2.53. The monoisotopic (exact) mass is 320 g/mol. The van der Waals surface area contributed by atoms with E-state index in [1.54, 1.807) is 11.0 Å². The Bertz CT molecular complexity index is 555. The maximum atomic E-state index is 12.5. The summed E-state index contributed by atoms with van der Waals surface area (Å²) in [5, 5.41) is 2.93. The van der Waals surface area contributed by atoms with E-state index in [9.17, 15) is 4.79 Å². The van der Waals surface area contributed by atoms with Crippen LogP contribution in [0.3, 0.4) is 0 Å². The van der Waals surface area contributed by atoms with Crippen molar-refractivity contribution in [2.75, 3.05) is 11.1 Å². The van der Waals surface area contributed by atoms with Crippen molar-refractivity contribution in [2.24, 2.45) is 5.41 Å². The Morgan fingerprint density at radius 2 is 2.09 bits per heavy atom. The van der Waals surface area contributed by atoms with Crippen LogP contribution in [0.4, 0.5) is 16.2 Å². The molecule has 2 amide bonds. The van der Waals surface area contributed by atoms with Crippen LogP contribution in [0.5, 0.6) is 0 Å². The third kappa shape index (κ3) is 4.24. The Morgan fingerprint density at radius 3 is 2.68 bits per heavy atom. The number of nitrogens with one attached hydrogen (secondary N) is 1. The lowest BCUT2D eigenvalue weighted by Gasteiger charge is -2.39. The Hall–Kier alpha value is -1.53. The van der Waals surface area contributed by atoms with E-state index >= 15 is 0 Å². The van der Waals surface area contributed by atoms with Gasteiger partial charge in [0.1, 0.15) is 6.23 Å². The zero-order valence-electron chi connectivity index (χ0n) is 14.1. The van der Waals surface area contributed by atoms with E-state index in [0.717, 1.165) is 17.7 Å². The van der Waals surface area contributed by atoms with Gasteiger partial charge in [0.25, 0.3) is 0 Å². The lowest BCUT2D eigenvalue weighted by Crippen LogP contribution is -2.49. The van der Waals surface area contributed by atoms with Crippen LogP contribution in [0, 0.1) is 5.41 Å². The highest BCUT2D eigenvalue weighted by Gasteiger charge is 2.32. The SMILES string of the molecule is C[Si](C)OC(CC(C)(C)C)N1Cc2ccc(N)cc2NC1=O. The molecule has 5 nitrogen and oxygen atoms in total. The zero-order valence-corrected chi connectivity index (χ0v) is 15.1. The molecule has 0 aliphatic carbocycles. The number of anilines is 2. The molecule has 0 fully saturated rings. The average Bonchev–Trinajstić information content (AvgIpc) is 2.34. The molecule has 2 rings (SSSR count). The van der Waals surface area contributed by atoms with Crippen LogP contribution < -0.4 is 11.1 Å². The third-order valence-electron chi connectivity index (χ3n) is 3.48. The normalized spacial score (nSPS) is 16.5. The lowest BCUT2D eigenvalue weighted by atomic mass is 9.91. The van der Waals surface area contributed by atoms with Gasteiger partial charge in [-0.1, -0.05) is 26.8 Å². The molecule has 1 radical (unpaired) electrons. The Morgan fingerprint density at radius 1 is 1.41 bits per heavy atom. The van der Waals surface area contributed by atoms with Gasteiger partial charge in [-0.3, -0.25) is 4.90 Å². The minimum atomic E-state index is -0.901. The predicted molar refractivity (Wildman–Crippen MR) is 91.8 cm³/mol. The van der Waals surface area contributed by atoms with Gasteiger partial charge in [0, 0.05) is 11.4 Å². The van der Waals surface area contributed by atoms with Crippen LogP contribution in [0.15, 0.2) is 18.2 Å². The van der Waals surface area contributed by atoms with E-state index < -0.39 is 9.04 Å². The number of amides is 2. The minimum Gasteiger partial charge on any atom is -0.399 e. The van der Waals surface area contributed by atoms with Crippen molar-refractivity contribution in [2.45, 2.75) is 53.1 Å². The van der Waals surface area contributed by atoms with Crippen molar-refractivity contribution in [1.29, 1.82) is 0 Å². The van der Waals surface area contributed by atoms with Gasteiger partial charge < -0.3 is 15.5 Å². The minimum absolute atomic E-state index is 0.0870. The smallest absolute Gasteiger partial charge is 0.324 e. The molecule has 0 saturated heterocycles. The first-order valence-electron chi connectivity index (χ1n) is 7.58. The van der Waals surface area contributed by atoms with Crippen molar-refractivity contribution in [1.82, 2.24) is 4.90 Å². The van der Waals surface area contributed by atoms with Gasteiger partial charge >= 0.3 is 6.03 Å². The molecule has 3 N–H and O–H groups in total.